The first kappa shape index (κ1) is 11.4. The molecule has 0 N–H and O–H groups in total. The fourth-order valence-corrected chi connectivity index (χ4v) is 2.75. The van der Waals surface area contributed by atoms with Gasteiger partial charge in [-0.1, -0.05) is 0 Å². The molecule has 0 atom stereocenters. The molecule has 0 spiro atoms. The van der Waals surface area contributed by atoms with Crippen molar-refractivity contribution < 1.29 is 0 Å². The number of fused-ring (bicyclic) bond motifs is 2. The number of aromatic nitrogens is 2. The van der Waals surface area contributed by atoms with Crippen LogP contribution < -0.4 is 0 Å². The maximum absolute atomic E-state index is 4.26. The minimum Gasteiger partial charge on any atom is -0.264 e. The van der Waals surface area contributed by atoms with E-state index in [1.807, 2.05) is 24.8 Å². The van der Waals surface area contributed by atoms with Gasteiger partial charge in [0.1, 0.15) is 0 Å². The molecule has 1 aliphatic rings. The average Bonchev–Trinajstić information content (AvgIpc) is 2.44. The van der Waals surface area contributed by atoms with Crippen molar-refractivity contribution in [1.29, 1.82) is 0 Å². The van der Waals surface area contributed by atoms with Crippen LogP contribution in [0.2, 0.25) is 0 Å². The van der Waals surface area contributed by atoms with Crippen LogP contribution in [0.4, 0.5) is 0 Å². The Morgan fingerprint density at radius 3 is 1.61 bits per heavy atom. The van der Waals surface area contributed by atoms with Gasteiger partial charge in [0.15, 0.2) is 0 Å². The molecule has 0 saturated carbocycles. The predicted molar refractivity (Wildman–Crippen MR) is 72.5 cm³/mol. The number of rotatable bonds is 0. The third-order valence-electron chi connectivity index (χ3n) is 3.82. The Kier molecular flexibility index (Phi) is 3.35. The van der Waals surface area contributed by atoms with E-state index in [2.05, 4.69) is 22.1 Å². The highest BCUT2D eigenvalue weighted by Crippen LogP contribution is 2.19. The van der Waals surface area contributed by atoms with Gasteiger partial charge in [-0.3, -0.25) is 9.97 Å². The zero-order valence-corrected chi connectivity index (χ0v) is 10.6. The molecule has 2 heteroatoms. The summed E-state index contributed by atoms with van der Waals surface area (Å²) in [5.74, 6) is 0. The van der Waals surface area contributed by atoms with Crippen molar-refractivity contribution in [2.24, 2.45) is 0 Å². The van der Waals surface area contributed by atoms with Gasteiger partial charge < -0.3 is 0 Å². The summed E-state index contributed by atoms with van der Waals surface area (Å²) in [5, 5.41) is 0. The van der Waals surface area contributed by atoms with Crippen LogP contribution in [0.1, 0.15) is 35.1 Å². The average molecular weight is 238 g/mol. The molecule has 0 aliphatic heterocycles. The van der Waals surface area contributed by atoms with Crippen molar-refractivity contribution in [1.82, 2.24) is 9.97 Å². The molecule has 2 aromatic rings. The molecule has 92 valence electrons. The summed E-state index contributed by atoms with van der Waals surface area (Å²) >= 11 is 0. The van der Waals surface area contributed by atoms with Crippen LogP contribution in [0.25, 0.3) is 0 Å². The molecule has 0 aromatic carbocycles. The van der Waals surface area contributed by atoms with Crippen molar-refractivity contribution >= 4 is 0 Å². The second-order valence-electron chi connectivity index (χ2n) is 5.00. The van der Waals surface area contributed by atoms with Crippen molar-refractivity contribution in [3.63, 3.8) is 0 Å². The van der Waals surface area contributed by atoms with Crippen molar-refractivity contribution in [2.45, 2.75) is 38.5 Å². The van der Waals surface area contributed by atoms with E-state index in [4.69, 9.17) is 0 Å². The SMILES string of the molecule is c1cc2c(cn1)CCc1cnccc1CCCC2. The standard InChI is InChI=1S/C16H18N2/c1-2-4-14-8-10-18-12-16(14)6-5-15-11-17-9-7-13(15)3-1/h7-12H,1-6H2. The normalized spacial score (nSPS) is 15.6. The molecule has 0 unspecified atom stereocenters. The highest BCUT2D eigenvalue weighted by atomic mass is 14.6. The lowest BCUT2D eigenvalue weighted by atomic mass is 9.93. The van der Waals surface area contributed by atoms with E-state index in [0.29, 0.717) is 0 Å². The second-order valence-corrected chi connectivity index (χ2v) is 5.00. The summed E-state index contributed by atoms with van der Waals surface area (Å²) < 4.78 is 0. The molecule has 2 heterocycles. The van der Waals surface area contributed by atoms with Crippen molar-refractivity contribution in [2.75, 3.05) is 0 Å². The number of aryl methyl sites for hydroxylation is 4. The molecule has 2 nitrogen and oxygen atoms in total. The van der Waals surface area contributed by atoms with Crippen LogP contribution in [0.3, 0.4) is 0 Å². The van der Waals surface area contributed by atoms with E-state index < -0.39 is 0 Å². The molecule has 0 bridgehead atoms. The monoisotopic (exact) mass is 238 g/mol. The fourth-order valence-electron chi connectivity index (χ4n) is 2.75. The second kappa shape index (κ2) is 5.30. The first-order valence-electron chi connectivity index (χ1n) is 6.77. The first-order valence-corrected chi connectivity index (χ1v) is 6.77. The Hall–Kier alpha value is -1.70. The summed E-state index contributed by atoms with van der Waals surface area (Å²) in [4.78, 5) is 8.53. The maximum Gasteiger partial charge on any atom is 0.0302 e. The van der Waals surface area contributed by atoms with E-state index in [0.717, 1.165) is 12.8 Å². The van der Waals surface area contributed by atoms with E-state index in [9.17, 15) is 0 Å². The van der Waals surface area contributed by atoms with Gasteiger partial charge in [-0.2, -0.15) is 0 Å². The minimum atomic E-state index is 1.09. The predicted octanol–water partition coefficient (Wildman–Crippen LogP) is 3.14. The summed E-state index contributed by atoms with van der Waals surface area (Å²) in [6.07, 6.45) is 15.0. The molecule has 0 fully saturated rings. The van der Waals surface area contributed by atoms with Crippen molar-refractivity contribution in [3.8, 4) is 0 Å². The van der Waals surface area contributed by atoms with Crippen LogP contribution in [0, 0.1) is 0 Å². The quantitative estimate of drug-likeness (QED) is 0.704. The topological polar surface area (TPSA) is 25.8 Å². The molecule has 18 heavy (non-hydrogen) atoms. The number of nitrogens with zero attached hydrogens (tertiary/aromatic N) is 2. The molecule has 1 aliphatic carbocycles. The van der Waals surface area contributed by atoms with Gasteiger partial charge in [-0.25, -0.2) is 0 Å². The Morgan fingerprint density at radius 2 is 1.11 bits per heavy atom. The summed E-state index contributed by atoms with van der Waals surface area (Å²) in [7, 11) is 0. The Labute approximate surface area is 108 Å². The zero-order chi connectivity index (χ0) is 12.2. The maximum atomic E-state index is 4.26. The zero-order valence-electron chi connectivity index (χ0n) is 10.6. The Bertz CT molecular complexity index is 485. The number of hydrogen-bond donors (Lipinski definition) is 0. The van der Waals surface area contributed by atoms with E-state index in [1.54, 1.807) is 0 Å². The first-order chi connectivity index (χ1) is 8.93. The van der Waals surface area contributed by atoms with Gasteiger partial charge in [-0.15, -0.1) is 0 Å². The molecule has 0 radical (unpaired) electrons. The van der Waals surface area contributed by atoms with Gasteiger partial charge in [-0.05, 0) is 72.9 Å². The molecule has 3 rings (SSSR count). The lowest BCUT2D eigenvalue weighted by Crippen LogP contribution is -2.04. The van der Waals surface area contributed by atoms with Crippen LogP contribution in [-0.2, 0) is 25.7 Å². The van der Waals surface area contributed by atoms with Crippen LogP contribution in [0.15, 0.2) is 36.9 Å². The van der Waals surface area contributed by atoms with Crippen LogP contribution in [-0.4, -0.2) is 9.97 Å². The highest BCUT2D eigenvalue weighted by Gasteiger charge is 2.09. The largest absolute Gasteiger partial charge is 0.264 e. The van der Waals surface area contributed by atoms with E-state index >= 15 is 0 Å². The van der Waals surface area contributed by atoms with Gasteiger partial charge >= 0.3 is 0 Å². The molecule has 0 amide bonds. The number of hydrogen-bond acceptors (Lipinski definition) is 2. The third-order valence-corrected chi connectivity index (χ3v) is 3.82. The van der Waals surface area contributed by atoms with Crippen LogP contribution >= 0.6 is 0 Å². The van der Waals surface area contributed by atoms with Gasteiger partial charge in [0.25, 0.3) is 0 Å². The summed E-state index contributed by atoms with van der Waals surface area (Å²) in [6, 6.07) is 4.36. The molecular weight excluding hydrogens is 220 g/mol. The third kappa shape index (κ3) is 2.42. The van der Waals surface area contributed by atoms with Gasteiger partial charge in [0, 0.05) is 24.8 Å². The van der Waals surface area contributed by atoms with E-state index in [1.165, 1.54) is 47.9 Å². The van der Waals surface area contributed by atoms with Crippen LogP contribution in [0.5, 0.6) is 0 Å². The van der Waals surface area contributed by atoms with E-state index in [-0.39, 0.29) is 0 Å². The lowest BCUT2D eigenvalue weighted by Gasteiger charge is -2.14. The smallest absolute Gasteiger partial charge is 0.0302 e. The summed E-state index contributed by atoms with van der Waals surface area (Å²) in [5.41, 5.74) is 5.79. The molecule has 0 saturated heterocycles. The highest BCUT2D eigenvalue weighted by molar-refractivity contribution is 5.29. The lowest BCUT2D eigenvalue weighted by molar-refractivity contribution is 0.710. The van der Waals surface area contributed by atoms with Crippen molar-refractivity contribution in [3.05, 3.63) is 59.2 Å². The minimum absolute atomic E-state index is 1.09. The molecular formula is C16H18N2. The Morgan fingerprint density at radius 1 is 0.611 bits per heavy atom. The van der Waals surface area contributed by atoms with Gasteiger partial charge in [0.05, 0.1) is 0 Å². The molecule has 2 aromatic heterocycles. The summed E-state index contributed by atoms with van der Waals surface area (Å²) in [6.45, 7) is 0. The fraction of sp³-hybridized carbons (Fsp3) is 0.375. The number of pyridine rings is 2. The van der Waals surface area contributed by atoms with Gasteiger partial charge in [0.2, 0.25) is 0 Å². The Balaban J connectivity index is 1.90.